The highest BCUT2D eigenvalue weighted by molar-refractivity contribution is 9.10. The molecule has 1 nitrogen and oxygen atoms in total. The van der Waals surface area contributed by atoms with Crippen molar-refractivity contribution >= 4 is 43.2 Å². The fraction of sp³-hybridized carbons (Fsp3) is 0.636. The molecule has 0 saturated carbocycles. The normalized spacial score (nSPS) is 26.0. The van der Waals surface area contributed by atoms with Crippen molar-refractivity contribution in [3.63, 3.8) is 0 Å². The second kappa shape index (κ2) is 4.47. The highest BCUT2D eigenvalue weighted by atomic mass is 79.9. The fourth-order valence-corrected chi connectivity index (χ4v) is 3.98. The molecular formula is C11H15Br2NS. The van der Waals surface area contributed by atoms with Crippen molar-refractivity contribution in [2.24, 2.45) is 0 Å². The maximum Gasteiger partial charge on any atom is 0.0337 e. The van der Waals surface area contributed by atoms with Crippen LogP contribution in [0.5, 0.6) is 0 Å². The summed E-state index contributed by atoms with van der Waals surface area (Å²) in [5.41, 5.74) is 0.274. The Bertz CT molecular complexity index is 348. The van der Waals surface area contributed by atoms with E-state index in [0.717, 1.165) is 6.54 Å². The first-order valence-electron chi connectivity index (χ1n) is 5.12. The number of nitrogens with zero attached hydrogens (tertiary/aromatic N) is 1. The Morgan fingerprint density at radius 3 is 2.80 bits per heavy atom. The fourth-order valence-electron chi connectivity index (χ4n) is 2.02. The molecule has 84 valence electrons. The molecule has 0 N–H and O–H groups in total. The van der Waals surface area contributed by atoms with Gasteiger partial charge in [-0.05, 0) is 42.3 Å². The minimum Gasteiger partial charge on any atom is -0.292 e. The van der Waals surface area contributed by atoms with Crippen LogP contribution in [0.1, 0.15) is 25.1 Å². The zero-order valence-electron chi connectivity index (χ0n) is 8.96. The number of hydrogen-bond donors (Lipinski definition) is 0. The van der Waals surface area contributed by atoms with E-state index in [2.05, 4.69) is 62.1 Å². The lowest BCUT2D eigenvalue weighted by Gasteiger charge is -2.33. The topological polar surface area (TPSA) is 3.24 Å². The summed E-state index contributed by atoms with van der Waals surface area (Å²) in [5, 5.41) is 2.16. The third-order valence-corrected chi connectivity index (χ3v) is 6.46. The third kappa shape index (κ3) is 2.48. The van der Waals surface area contributed by atoms with Crippen LogP contribution in [0.4, 0.5) is 0 Å². The molecule has 1 aliphatic rings. The van der Waals surface area contributed by atoms with Crippen LogP contribution in [-0.4, -0.2) is 21.8 Å². The zero-order valence-corrected chi connectivity index (χ0v) is 13.0. The average Bonchev–Trinajstić information content (AvgIpc) is 2.66. The third-order valence-electron chi connectivity index (χ3n) is 3.20. The second-order valence-corrected chi connectivity index (χ2v) is 7.58. The Hall–Kier alpha value is 0.620. The van der Waals surface area contributed by atoms with Crippen LogP contribution >= 0.6 is 43.2 Å². The molecule has 1 fully saturated rings. The molecule has 0 aromatic carbocycles. The van der Waals surface area contributed by atoms with Gasteiger partial charge in [0.2, 0.25) is 0 Å². The maximum absolute atomic E-state index is 3.77. The van der Waals surface area contributed by atoms with Crippen molar-refractivity contribution in [2.45, 2.75) is 37.2 Å². The molecule has 0 aliphatic carbocycles. The van der Waals surface area contributed by atoms with Crippen molar-refractivity contribution < 1.29 is 0 Å². The van der Waals surface area contributed by atoms with Gasteiger partial charge in [-0.15, -0.1) is 11.3 Å². The highest BCUT2D eigenvalue weighted by Crippen LogP contribution is 2.36. The minimum atomic E-state index is 0.274. The standard InChI is InChI=1S/C11H15Br2NS/c1-11(2)10(13)3-4-14(11)6-9-5-8(12)7-15-9/h5,7,10H,3-4,6H2,1-2H3. The molecule has 1 aromatic heterocycles. The summed E-state index contributed by atoms with van der Waals surface area (Å²) >= 11 is 9.11. The summed E-state index contributed by atoms with van der Waals surface area (Å²) in [4.78, 5) is 4.62. The first-order valence-corrected chi connectivity index (χ1v) is 7.71. The molecule has 1 saturated heterocycles. The van der Waals surface area contributed by atoms with Crippen LogP contribution in [0, 0.1) is 0 Å². The monoisotopic (exact) mass is 351 g/mol. The highest BCUT2D eigenvalue weighted by Gasteiger charge is 2.39. The summed E-state index contributed by atoms with van der Waals surface area (Å²) in [7, 11) is 0. The number of likely N-dealkylation sites (tertiary alicyclic amines) is 1. The van der Waals surface area contributed by atoms with Gasteiger partial charge in [-0.25, -0.2) is 0 Å². The van der Waals surface area contributed by atoms with E-state index < -0.39 is 0 Å². The second-order valence-electron chi connectivity index (χ2n) is 4.56. The van der Waals surface area contributed by atoms with Gasteiger partial charge in [0.25, 0.3) is 0 Å². The number of hydrogen-bond acceptors (Lipinski definition) is 2. The van der Waals surface area contributed by atoms with Crippen molar-refractivity contribution in [3.8, 4) is 0 Å². The van der Waals surface area contributed by atoms with Gasteiger partial charge in [0.1, 0.15) is 0 Å². The zero-order chi connectivity index (χ0) is 11.1. The summed E-state index contributed by atoms with van der Waals surface area (Å²) in [6.45, 7) is 6.91. The Labute approximate surface area is 112 Å². The van der Waals surface area contributed by atoms with Gasteiger partial charge in [-0.3, -0.25) is 4.90 Å². The summed E-state index contributed by atoms with van der Waals surface area (Å²) in [6, 6.07) is 2.22. The summed E-state index contributed by atoms with van der Waals surface area (Å²) < 4.78 is 1.20. The largest absolute Gasteiger partial charge is 0.292 e. The van der Waals surface area contributed by atoms with Gasteiger partial charge < -0.3 is 0 Å². The summed E-state index contributed by atoms with van der Waals surface area (Å²) in [6.07, 6.45) is 1.25. The lowest BCUT2D eigenvalue weighted by atomic mass is 10.0. The van der Waals surface area contributed by atoms with Crippen LogP contribution < -0.4 is 0 Å². The quantitative estimate of drug-likeness (QED) is 0.719. The number of halogens is 2. The van der Waals surface area contributed by atoms with Crippen LogP contribution in [0.3, 0.4) is 0 Å². The van der Waals surface area contributed by atoms with Gasteiger partial charge >= 0.3 is 0 Å². The molecule has 4 heteroatoms. The molecule has 0 amide bonds. The van der Waals surface area contributed by atoms with Crippen LogP contribution in [0.25, 0.3) is 0 Å². The minimum absolute atomic E-state index is 0.274. The van der Waals surface area contributed by atoms with E-state index >= 15 is 0 Å². The van der Waals surface area contributed by atoms with E-state index in [0.29, 0.717) is 4.83 Å². The maximum atomic E-state index is 3.77. The van der Waals surface area contributed by atoms with E-state index in [1.807, 2.05) is 11.3 Å². The summed E-state index contributed by atoms with van der Waals surface area (Å²) in [5.74, 6) is 0. The number of thiophene rings is 1. The predicted octanol–water partition coefficient (Wildman–Crippen LogP) is 4.26. The molecule has 1 aliphatic heterocycles. The van der Waals surface area contributed by atoms with Crippen molar-refractivity contribution in [2.75, 3.05) is 6.54 Å². The van der Waals surface area contributed by atoms with Gasteiger partial charge in [0, 0.05) is 38.2 Å². The van der Waals surface area contributed by atoms with Gasteiger partial charge in [0.15, 0.2) is 0 Å². The van der Waals surface area contributed by atoms with Gasteiger partial charge in [-0.2, -0.15) is 0 Å². The Balaban J connectivity index is 2.07. The average molecular weight is 353 g/mol. The molecule has 1 atom stereocenters. The first-order chi connectivity index (χ1) is 7.00. The number of rotatable bonds is 2. The SMILES string of the molecule is CC1(C)C(Br)CCN1Cc1cc(Br)cs1. The van der Waals surface area contributed by atoms with Crippen molar-refractivity contribution in [1.29, 1.82) is 0 Å². The number of alkyl halides is 1. The van der Waals surface area contributed by atoms with Crippen molar-refractivity contribution in [3.05, 3.63) is 20.8 Å². The Morgan fingerprint density at radius 1 is 1.60 bits per heavy atom. The van der Waals surface area contributed by atoms with Gasteiger partial charge in [-0.1, -0.05) is 15.9 Å². The first kappa shape index (κ1) is 12.1. The molecule has 2 rings (SSSR count). The van der Waals surface area contributed by atoms with E-state index in [9.17, 15) is 0 Å². The van der Waals surface area contributed by atoms with E-state index in [4.69, 9.17) is 0 Å². The molecule has 1 aromatic rings. The molecule has 0 bridgehead atoms. The van der Waals surface area contributed by atoms with E-state index in [-0.39, 0.29) is 5.54 Å². The molecule has 1 unspecified atom stereocenters. The van der Waals surface area contributed by atoms with Crippen LogP contribution in [0.2, 0.25) is 0 Å². The van der Waals surface area contributed by atoms with Crippen LogP contribution in [-0.2, 0) is 6.54 Å². The molecule has 15 heavy (non-hydrogen) atoms. The molecule has 2 heterocycles. The van der Waals surface area contributed by atoms with E-state index in [1.165, 1.54) is 22.3 Å². The lowest BCUT2D eigenvalue weighted by Crippen LogP contribution is -2.42. The molecule has 0 spiro atoms. The van der Waals surface area contributed by atoms with Crippen LogP contribution in [0.15, 0.2) is 15.9 Å². The molecular weight excluding hydrogens is 338 g/mol. The Kier molecular flexibility index (Phi) is 3.61. The lowest BCUT2D eigenvalue weighted by molar-refractivity contribution is 0.172. The van der Waals surface area contributed by atoms with Crippen molar-refractivity contribution in [1.82, 2.24) is 4.90 Å². The van der Waals surface area contributed by atoms with E-state index in [1.54, 1.807) is 0 Å². The molecule has 0 radical (unpaired) electrons. The Morgan fingerprint density at radius 2 is 2.33 bits per heavy atom. The predicted molar refractivity (Wildman–Crippen MR) is 73.8 cm³/mol. The smallest absolute Gasteiger partial charge is 0.0337 e. The van der Waals surface area contributed by atoms with Gasteiger partial charge in [0.05, 0.1) is 0 Å².